The van der Waals surface area contributed by atoms with Gasteiger partial charge in [0.25, 0.3) is 5.91 Å². The van der Waals surface area contributed by atoms with Gasteiger partial charge in [-0.25, -0.2) is 9.78 Å². The van der Waals surface area contributed by atoms with Crippen LogP contribution in [0.4, 0.5) is 10.5 Å². The van der Waals surface area contributed by atoms with Gasteiger partial charge in [0.05, 0.1) is 5.52 Å². The minimum atomic E-state index is -0.180. The molecule has 0 unspecified atom stereocenters. The van der Waals surface area contributed by atoms with Gasteiger partial charge in [-0.1, -0.05) is 0 Å². The van der Waals surface area contributed by atoms with Crippen molar-refractivity contribution in [3.05, 3.63) is 48.4 Å². The third-order valence-electron chi connectivity index (χ3n) is 5.23. The van der Waals surface area contributed by atoms with E-state index in [9.17, 15) is 9.59 Å². The normalized spacial score (nSPS) is 14.0. The van der Waals surface area contributed by atoms with Gasteiger partial charge in [-0.05, 0) is 50.5 Å². The quantitative estimate of drug-likeness (QED) is 0.688. The smallest absolute Gasteiger partial charge is 0.326 e. The Morgan fingerprint density at radius 1 is 1.17 bits per heavy atom. The van der Waals surface area contributed by atoms with Crippen molar-refractivity contribution < 1.29 is 14.3 Å². The number of benzene rings is 1. The van der Waals surface area contributed by atoms with Crippen molar-refractivity contribution in [2.75, 3.05) is 25.4 Å². The SMILES string of the molecule is CCNC(=O)n1ccc2cc(Oc3ccnc(C(=O)N4CCCCC4)c3N)ccc21. The van der Waals surface area contributed by atoms with Gasteiger partial charge in [0.1, 0.15) is 11.4 Å². The van der Waals surface area contributed by atoms with Crippen LogP contribution in [-0.2, 0) is 0 Å². The molecule has 156 valence electrons. The lowest BCUT2D eigenvalue weighted by Gasteiger charge is -2.26. The third kappa shape index (κ3) is 3.80. The number of likely N-dealkylation sites (tertiary alicyclic amines) is 1. The van der Waals surface area contributed by atoms with Gasteiger partial charge in [-0.15, -0.1) is 0 Å². The third-order valence-corrected chi connectivity index (χ3v) is 5.23. The van der Waals surface area contributed by atoms with E-state index in [4.69, 9.17) is 10.5 Å². The molecule has 1 aliphatic rings. The number of rotatable bonds is 4. The Balaban J connectivity index is 1.57. The molecule has 1 aromatic carbocycles. The van der Waals surface area contributed by atoms with Gasteiger partial charge in [-0.2, -0.15) is 0 Å². The predicted molar refractivity (Wildman–Crippen MR) is 115 cm³/mol. The highest BCUT2D eigenvalue weighted by molar-refractivity contribution is 5.98. The van der Waals surface area contributed by atoms with Crippen LogP contribution in [-0.4, -0.2) is 46.0 Å². The molecule has 2 amide bonds. The molecule has 0 saturated carbocycles. The van der Waals surface area contributed by atoms with Gasteiger partial charge >= 0.3 is 6.03 Å². The number of nitrogen functional groups attached to an aromatic ring is 1. The Bertz CT molecular complexity index is 1090. The van der Waals surface area contributed by atoms with Gasteiger partial charge in [0.2, 0.25) is 0 Å². The molecule has 8 nitrogen and oxygen atoms in total. The van der Waals surface area contributed by atoms with Crippen LogP contribution in [0.25, 0.3) is 10.9 Å². The van der Waals surface area contributed by atoms with Crippen molar-refractivity contribution in [3.63, 3.8) is 0 Å². The van der Waals surface area contributed by atoms with E-state index in [2.05, 4.69) is 10.3 Å². The Labute approximate surface area is 174 Å². The summed E-state index contributed by atoms with van der Waals surface area (Å²) >= 11 is 0. The first-order valence-electron chi connectivity index (χ1n) is 10.2. The molecule has 0 aliphatic carbocycles. The second kappa shape index (κ2) is 8.44. The Morgan fingerprint density at radius 2 is 1.97 bits per heavy atom. The predicted octanol–water partition coefficient (Wildman–Crippen LogP) is 3.61. The summed E-state index contributed by atoms with van der Waals surface area (Å²) in [5.74, 6) is 0.783. The molecule has 3 N–H and O–H groups in total. The van der Waals surface area contributed by atoms with E-state index in [1.165, 1.54) is 6.20 Å². The van der Waals surface area contributed by atoms with Crippen molar-refractivity contribution >= 4 is 28.5 Å². The maximum absolute atomic E-state index is 12.8. The molecule has 4 rings (SSSR count). The van der Waals surface area contributed by atoms with Crippen molar-refractivity contribution in [2.45, 2.75) is 26.2 Å². The second-order valence-electron chi connectivity index (χ2n) is 7.27. The average Bonchev–Trinajstić information content (AvgIpc) is 3.19. The van der Waals surface area contributed by atoms with E-state index in [1.807, 2.05) is 25.1 Å². The van der Waals surface area contributed by atoms with Gasteiger partial charge < -0.3 is 20.7 Å². The maximum Gasteiger partial charge on any atom is 0.326 e. The second-order valence-corrected chi connectivity index (χ2v) is 7.27. The minimum Gasteiger partial charge on any atom is -0.455 e. The fourth-order valence-electron chi connectivity index (χ4n) is 3.69. The van der Waals surface area contributed by atoms with Crippen LogP contribution >= 0.6 is 0 Å². The Hall–Kier alpha value is -3.55. The first kappa shape index (κ1) is 19.8. The van der Waals surface area contributed by atoms with Crippen molar-refractivity contribution in [2.24, 2.45) is 0 Å². The molecule has 8 heteroatoms. The van der Waals surface area contributed by atoms with Crippen LogP contribution in [0.2, 0.25) is 0 Å². The molecule has 0 atom stereocenters. The number of pyridine rings is 1. The molecular formula is C22H25N5O3. The van der Waals surface area contributed by atoms with Crippen LogP contribution in [0.15, 0.2) is 42.7 Å². The van der Waals surface area contributed by atoms with Crippen LogP contribution in [0.1, 0.15) is 36.7 Å². The highest BCUT2D eigenvalue weighted by Crippen LogP contribution is 2.31. The van der Waals surface area contributed by atoms with Gasteiger partial charge in [0, 0.05) is 43.5 Å². The maximum atomic E-state index is 12.8. The van der Waals surface area contributed by atoms with E-state index in [0.29, 0.717) is 18.0 Å². The number of aromatic nitrogens is 2. The Kier molecular flexibility index (Phi) is 5.56. The average molecular weight is 407 g/mol. The molecule has 0 spiro atoms. The zero-order chi connectivity index (χ0) is 21.1. The number of nitrogens with one attached hydrogen (secondary N) is 1. The van der Waals surface area contributed by atoms with Crippen molar-refractivity contribution in [1.82, 2.24) is 19.8 Å². The summed E-state index contributed by atoms with van der Waals surface area (Å²) in [6.45, 7) is 3.88. The molecule has 3 heterocycles. The number of carbonyl (C=O) groups is 2. The number of amides is 2. The van der Waals surface area contributed by atoms with Crippen LogP contribution in [0.3, 0.4) is 0 Å². The summed E-state index contributed by atoms with van der Waals surface area (Å²) in [5, 5.41) is 3.64. The zero-order valence-electron chi connectivity index (χ0n) is 16.9. The monoisotopic (exact) mass is 407 g/mol. The highest BCUT2D eigenvalue weighted by atomic mass is 16.5. The largest absolute Gasteiger partial charge is 0.455 e. The van der Waals surface area contributed by atoms with E-state index in [1.54, 1.807) is 27.8 Å². The lowest BCUT2D eigenvalue weighted by atomic mass is 10.1. The molecule has 0 bridgehead atoms. The lowest BCUT2D eigenvalue weighted by Crippen LogP contribution is -2.36. The van der Waals surface area contributed by atoms with Crippen LogP contribution in [0, 0.1) is 0 Å². The summed E-state index contributed by atoms with van der Waals surface area (Å²) in [6.07, 6.45) is 6.39. The number of nitrogens with zero attached hydrogens (tertiary/aromatic N) is 3. The van der Waals surface area contributed by atoms with Crippen LogP contribution in [0.5, 0.6) is 11.5 Å². The number of piperidine rings is 1. The first-order chi connectivity index (χ1) is 14.6. The molecule has 1 aliphatic heterocycles. The number of nitrogens with two attached hydrogens (primary N) is 1. The molecule has 30 heavy (non-hydrogen) atoms. The molecule has 0 radical (unpaired) electrons. The van der Waals surface area contributed by atoms with Crippen LogP contribution < -0.4 is 15.8 Å². The number of carbonyl (C=O) groups excluding carboxylic acids is 2. The van der Waals surface area contributed by atoms with Crippen molar-refractivity contribution in [3.8, 4) is 11.5 Å². The van der Waals surface area contributed by atoms with Gasteiger partial charge in [0.15, 0.2) is 11.4 Å². The number of ether oxygens (including phenoxy) is 1. The minimum absolute atomic E-state index is 0.160. The number of hydrogen-bond donors (Lipinski definition) is 2. The molecular weight excluding hydrogens is 382 g/mol. The molecule has 1 fully saturated rings. The Morgan fingerprint density at radius 3 is 2.73 bits per heavy atom. The fraction of sp³-hybridized carbons (Fsp3) is 0.318. The van der Waals surface area contributed by atoms with E-state index in [0.717, 1.165) is 43.3 Å². The summed E-state index contributed by atoms with van der Waals surface area (Å²) < 4.78 is 7.52. The standard InChI is InChI=1S/C22H25N5O3/c1-2-24-22(29)27-13-9-15-14-16(6-7-17(15)27)30-18-8-10-25-20(19(18)23)21(28)26-11-4-3-5-12-26/h6-10,13-14H,2-5,11-12,23H2,1H3,(H,24,29). The highest BCUT2D eigenvalue weighted by Gasteiger charge is 2.23. The van der Waals surface area contributed by atoms with E-state index >= 15 is 0 Å². The van der Waals surface area contributed by atoms with E-state index in [-0.39, 0.29) is 23.3 Å². The van der Waals surface area contributed by atoms with Crippen molar-refractivity contribution in [1.29, 1.82) is 0 Å². The summed E-state index contributed by atoms with van der Waals surface area (Å²) in [7, 11) is 0. The number of anilines is 1. The molecule has 1 saturated heterocycles. The summed E-state index contributed by atoms with van der Waals surface area (Å²) in [5.41, 5.74) is 7.46. The number of fused-ring (bicyclic) bond motifs is 1. The molecule has 2 aromatic heterocycles. The fourth-order valence-corrected chi connectivity index (χ4v) is 3.69. The lowest BCUT2D eigenvalue weighted by molar-refractivity contribution is 0.0719. The van der Waals surface area contributed by atoms with E-state index < -0.39 is 0 Å². The molecule has 3 aromatic rings. The topological polar surface area (TPSA) is 102 Å². The number of hydrogen-bond acceptors (Lipinski definition) is 5. The zero-order valence-corrected chi connectivity index (χ0v) is 16.9. The summed E-state index contributed by atoms with van der Waals surface area (Å²) in [6, 6.07) is 8.73. The first-order valence-corrected chi connectivity index (χ1v) is 10.2. The van der Waals surface area contributed by atoms with Gasteiger partial charge in [-0.3, -0.25) is 9.36 Å². The summed E-state index contributed by atoms with van der Waals surface area (Å²) in [4.78, 5) is 30.9.